The number of hydrogen-bond acceptors (Lipinski definition) is 4. The summed E-state index contributed by atoms with van der Waals surface area (Å²) in [5.41, 5.74) is 3.37. The molecule has 1 amide bonds. The normalized spacial score (nSPS) is 17.7. The van der Waals surface area contributed by atoms with E-state index in [1.54, 1.807) is 0 Å². The van der Waals surface area contributed by atoms with E-state index in [1.165, 1.54) is 5.56 Å². The molecular formula is C17H27ClN2O2S. The first-order chi connectivity index (χ1) is 10.6. The molecule has 0 spiro atoms. The van der Waals surface area contributed by atoms with Crippen molar-refractivity contribution in [2.45, 2.75) is 44.2 Å². The zero-order valence-corrected chi connectivity index (χ0v) is 15.7. The molecule has 1 fully saturated rings. The molecule has 0 bridgehead atoms. The van der Waals surface area contributed by atoms with Gasteiger partial charge in [0.1, 0.15) is 0 Å². The lowest BCUT2D eigenvalue weighted by atomic mass is 10.1. The first-order valence-electron chi connectivity index (χ1n) is 7.87. The van der Waals surface area contributed by atoms with E-state index in [0.717, 1.165) is 30.2 Å². The summed E-state index contributed by atoms with van der Waals surface area (Å²) in [4.78, 5) is 12.2. The Labute approximate surface area is 149 Å². The molecule has 0 radical (unpaired) electrons. The second-order valence-electron chi connectivity index (χ2n) is 5.93. The Morgan fingerprint density at radius 1 is 1.48 bits per heavy atom. The van der Waals surface area contributed by atoms with E-state index < -0.39 is 0 Å². The SMILES string of the molecule is Cc1c(CSC(C)C)cccc1NC(=O)CC1COCCN1.Cl. The van der Waals surface area contributed by atoms with Crippen molar-refractivity contribution in [2.24, 2.45) is 0 Å². The maximum absolute atomic E-state index is 12.2. The molecule has 1 aromatic carbocycles. The highest BCUT2D eigenvalue weighted by Gasteiger charge is 2.17. The van der Waals surface area contributed by atoms with Gasteiger partial charge in [-0.05, 0) is 29.4 Å². The van der Waals surface area contributed by atoms with Crippen molar-refractivity contribution in [1.82, 2.24) is 5.32 Å². The minimum absolute atomic E-state index is 0. The third-order valence-corrected chi connectivity index (χ3v) is 4.87. The van der Waals surface area contributed by atoms with E-state index in [1.807, 2.05) is 23.9 Å². The van der Waals surface area contributed by atoms with Crippen LogP contribution < -0.4 is 10.6 Å². The van der Waals surface area contributed by atoms with Crippen molar-refractivity contribution in [3.63, 3.8) is 0 Å². The minimum atomic E-state index is 0. The van der Waals surface area contributed by atoms with Gasteiger partial charge in [0.25, 0.3) is 0 Å². The molecule has 1 unspecified atom stereocenters. The number of amides is 1. The highest BCUT2D eigenvalue weighted by atomic mass is 35.5. The number of anilines is 1. The number of thioether (sulfide) groups is 1. The van der Waals surface area contributed by atoms with Gasteiger partial charge in [-0.1, -0.05) is 26.0 Å². The van der Waals surface area contributed by atoms with Crippen LogP contribution in [0.15, 0.2) is 18.2 Å². The van der Waals surface area contributed by atoms with Crippen LogP contribution in [0.3, 0.4) is 0 Å². The number of ether oxygens (including phenoxy) is 1. The summed E-state index contributed by atoms with van der Waals surface area (Å²) < 4.78 is 5.39. The van der Waals surface area contributed by atoms with Gasteiger partial charge in [-0.3, -0.25) is 4.79 Å². The lowest BCUT2D eigenvalue weighted by molar-refractivity contribution is -0.117. The number of morpholine rings is 1. The van der Waals surface area contributed by atoms with Crippen LogP contribution in [0.25, 0.3) is 0 Å². The van der Waals surface area contributed by atoms with Gasteiger partial charge in [0.15, 0.2) is 0 Å². The third-order valence-electron chi connectivity index (χ3n) is 3.72. The van der Waals surface area contributed by atoms with Crippen molar-refractivity contribution in [3.05, 3.63) is 29.3 Å². The first kappa shape index (κ1) is 20.3. The summed E-state index contributed by atoms with van der Waals surface area (Å²) in [5, 5.41) is 6.95. The fraction of sp³-hybridized carbons (Fsp3) is 0.588. The van der Waals surface area contributed by atoms with Crippen molar-refractivity contribution in [1.29, 1.82) is 0 Å². The summed E-state index contributed by atoms with van der Waals surface area (Å²) in [5.74, 6) is 1.02. The minimum Gasteiger partial charge on any atom is -0.378 e. The molecule has 0 saturated carbocycles. The maximum atomic E-state index is 12.2. The number of nitrogens with one attached hydrogen (secondary N) is 2. The molecule has 1 atom stereocenters. The van der Waals surface area contributed by atoms with Gasteiger partial charge >= 0.3 is 0 Å². The van der Waals surface area contributed by atoms with Gasteiger partial charge in [0, 0.05) is 30.4 Å². The van der Waals surface area contributed by atoms with Crippen LogP contribution in [0.5, 0.6) is 0 Å². The highest BCUT2D eigenvalue weighted by molar-refractivity contribution is 7.99. The molecule has 0 aromatic heterocycles. The van der Waals surface area contributed by atoms with Crippen LogP contribution >= 0.6 is 24.2 Å². The predicted octanol–water partition coefficient (Wildman–Crippen LogP) is 3.38. The quantitative estimate of drug-likeness (QED) is 0.818. The Morgan fingerprint density at radius 2 is 2.26 bits per heavy atom. The Morgan fingerprint density at radius 3 is 2.91 bits per heavy atom. The van der Waals surface area contributed by atoms with Crippen LogP contribution in [-0.4, -0.2) is 37.0 Å². The second-order valence-corrected chi connectivity index (χ2v) is 7.49. The molecule has 1 heterocycles. The van der Waals surface area contributed by atoms with Crippen LogP contribution in [0.4, 0.5) is 5.69 Å². The summed E-state index contributed by atoms with van der Waals surface area (Å²) in [6.07, 6.45) is 0.449. The molecule has 2 N–H and O–H groups in total. The zero-order valence-electron chi connectivity index (χ0n) is 14.1. The molecule has 23 heavy (non-hydrogen) atoms. The van der Waals surface area contributed by atoms with Crippen LogP contribution in [0.2, 0.25) is 0 Å². The summed E-state index contributed by atoms with van der Waals surface area (Å²) in [6, 6.07) is 6.24. The number of hydrogen-bond donors (Lipinski definition) is 2. The largest absolute Gasteiger partial charge is 0.378 e. The van der Waals surface area contributed by atoms with Gasteiger partial charge in [-0.2, -0.15) is 11.8 Å². The molecule has 0 aliphatic carbocycles. The number of rotatable bonds is 6. The van der Waals surface area contributed by atoms with E-state index in [2.05, 4.69) is 37.5 Å². The van der Waals surface area contributed by atoms with Crippen molar-refractivity contribution in [3.8, 4) is 0 Å². The van der Waals surface area contributed by atoms with Crippen LogP contribution in [-0.2, 0) is 15.3 Å². The zero-order chi connectivity index (χ0) is 15.9. The number of carbonyl (C=O) groups excluding carboxylic acids is 1. The van der Waals surface area contributed by atoms with Gasteiger partial charge in [-0.25, -0.2) is 0 Å². The van der Waals surface area contributed by atoms with E-state index >= 15 is 0 Å². The highest BCUT2D eigenvalue weighted by Crippen LogP contribution is 2.25. The monoisotopic (exact) mass is 358 g/mol. The molecule has 1 aromatic rings. The smallest absolute Gasteiger partial charge is 0.226 e. The average molecular weight is 359 g/mol. The fourth-order valence-electron chi connectivity index (χ4n) is 2.41. The van der Waals surface area contributed by atoms with Crippen molar-refractivity contribution >= 4 is 35.8 Å². The number of benzene rings is 1. The van der Waals surface area contributed by atoms with E-state index in [9.17, 15) is 4.79 Å². The van der Waals surface area contributed by atoms with E-state index in [4.69, 9.17) is 4.74 Å². The topological polar surface area (TPSA) is 50.4 Å². The Hall–Kier alpha value is -0.750. The van der Waals surface area contributed by atoms with Gasteiger partial charge in [0.05, 0.1) is 13.2 Å². The molecule has 1 aliphatic heterocycles. The molecule has 4 nitrogen and oxygen atoms in total. The Balaban J connectivity index is 0.00000264. The third kappa shape index (κ3) is 6.71. The first-order valence-corrected chi connectivity index (χ1v) is 8.92. The number of carbonyl (C=O) groups is 1. The number of halogens is 1. The molecule has 2 rings (SSSR count). The molecule has 130 valence electrons. The molecular weight excluding hydrogens is 332 g/mol. The van der Waals surface area contributed by atoms with Crippen LogP contribution in [0.1, 0.15) is 31.4 Å². The lowest BCUT2D eigenvalue weighted by Gasteiger charge is -2.23. The fourth-order valence-corrected chi connectivity index (χ4v) is 3.23. The molecule has 6 heteroatoms. The van der Waals surface area contributed by atoms with Gasteiger partial charge in [0.2, 0.25) is 5.91 Å². The summed E-state index contributed by atoms with van der Waals surface area (Å²) in [6.45, 7) is 8.63. The molecule has 1 saturated heterocycles. The summed E-state index contributed by atoms with van der Waals surface area (Å²) in [7, 11) is 0. The van der Waals surface area contributed by atoms with Crippen molar-refractivity contribution in [2.75, 3.05) is 25.1 Å². The Kier molecular flexibility index (Phi) is 8.99. The van der Waals surface area contributed by atoms with Gasteiger partial charge in [-0.15, -0.1) is 12.4 Å². The Bertz CT molecular complexity index is 505. The van der Waals surface area contributed by atoms with Crippen LogP contribution in [0, 0.1) is 6.92 Å². The second kappa shape index (κ2) is 10.2. The summed E-state index contributed by atoms with van der Waals surface area (Å²) >= 11 is 1.92. The standard InChI is InChI=1S/C17H26N2O2S.ClH/c1-12(2)22-11-14-5-4-6-16(13(14)3)19-17(20)9-15-10-21-8-7-18-15;/h4-6,12,15,18H,7-11H2,1-3H3,(H,19,20);1H. The van der Waals surface area contributed by atoms with Crippen molar-refractivity contribution < 1.29 is 9.53 Å². The van der Waals surface area contributed by atoms with E-state index in [-0.39, 0.29) is 24.4 Å². The predicted molar refractivity (Wildman–Crippen MR) is 101 cm³/mol. The van der Waals surface area contributed by atoms with Gasteiger partial charge < -0.3 is 15.4 Å². The lowest BCUT2D eigenvalue weighted by Crippen LogP contribution is -2.43. The molecule has 1 aliphatic rings. The average Bonchev–Trinajstić information content (AvgIpc) is 2.49. The van der Waals surface area contributed by atoms with E-state index in [0.29, 0.717) is 18.3 Å². The maximum Gasteiger partial charge on any atom is 0.226 e.